The highest BCUT2D eigenvalue weighted by atomic mass is 79.9. The maximum atomic E-state index is 12.0. The van der Waals surface area contributed by atoms with Gasteiger partial charge in [-0.05, 0) is 29.3 Å². The predicted molar refractivity (Wildman–Crippen MR) is 83.0 cm³/mol. The standard InChI is InChI=1S/C15H11BrCl2O/c16-13-4-2-1-3-11(13)9-12(19)7-10-5-6-14(17)15(18)8-10/h1-6,8H,7,9H2. The first-order chi connectivity index (χ1) is 9.06. The summed E-state index contributed by atoms with van der Waals surface area (Å²) < 4.78 is 0.956. The van der Waals surface area contributed by atoms with Crippen molar-refractivity contribution < 1.29 is 4.79 Å². The van der Waals surface area contributed by atoms with Crippen LogP contribution in [0, 0.1) is 0 Å². The van der Waals surface area contributed by atoms with Crippen LogP contribution in [0.15, 0.2) is 46.9 Å². The molecule has 0 aromatic heterocycles. The SMILES string of the molecule is O=C(Cc1ccc(Cl)c(Cl)c1)Cc1ccccc1Br. The van der Waals surface area contributed by atoms with E-state index < -0.39 is 0 Å². The Morgan fingerprint density at radius 1 is 1.00 bits per heavy atom. The minimum Gasteiger partial charge on any atom is -0.299 e. The Balaban J connectivity index is 2.05. The molecule has 0 heterocycles. The van der Waals surface area contributed by atoms with Crippen molar-refractivity contribution in [3.8, 4) is 0 Å². The third-order valence-electron chi connectivity index (χ3n) is 2.73. The molecule has 0 saturated heterocycles. The van der Waals surface area contributed by atoms with Crippen molar-refractivity contribution in [1.82, 2.24) is 0 Å². The number of benzene rings is 2. The number of halogens is 3. The molecular weight excluding hydrogens is 347 g/mol. The molecule has 0 fully saturated rings. The lowest BCUT2D eigenvalue weighted by molar-refractivity contribution is -0.117. The molecule has 0 bridgehead atoms. The van der Waals surface area contributed by atoms with Crippen LogP contribution in [0.4, 0.5) is 0 Å². The fraction of sp³-hybridized carbons (Fsp3) is 0.133. The molecular formula is C15H11BrCl2O. The normalized spacial score (nSPS) is 10.5. The lowest BCUT2D eigenvalue weighted by atomic mass is 10.0. The summed E-state index contributed by atoms with van der Waals surface area (Å²) in [5.74, 6) is 0.144. The molecule has 0 spiro atoms. The second-order valence-electron chi connectivity index (χ2n) is 4.23. The summed E-state index contributed by atoms with van der Waals surface area (Å²) in [6, 6.07) is 13.0. The van der Waals surface area contributed by atoms with E-state index in [1.165, 1.54) is 0 Å². The van der Waals surface area contributed by atoms with Gasteiger partial charge in [-0.1, -0.05) is 63.4 Å². The molecule has 0 radical (unpaired) electrons. The molecule has 0 saturated carbocycles. The smallest absolute Gasteiger partial charge is 0.141 e. The van der Waals surface area contributed by atoms with Crippen LogP contribution in [-0.2, 0) is 17.6 Å². The number of hydrogen-bond acceptors (Lipinski definition) is 1. The molecule has 0 aliphatic heterocycles. The second-order valence-corrected chi connectivity index (χ2v) is 5.90. The van der Waals surface area contributed by atoms with Crippen molar-refractivity contribution in [1.29, 1.82) is 0 Å². The summed E-state index contributed by atoms with van der Waals surface area (Å²) in [7, 11) is 0. The zero-order chi connectivity index (χ0) is 13.8. The fourth-order valence-corrected chi connectivity index (χ4v) is 2.54. The van der Waals surface area contributed by atoms with Gasteiger partial charge in [0.05, 0.1) is 10.0 Å². The van der Waals surface area contributed by atoms with E-state index in [0.29, 0.717) is 22.9 Å². The highest BCUT2D eigenvalue weighted by Gasteiger charge is 2.08. The average Bonchev–Trinajstić information content (AvgIpc) is 2.37. The highest BCUT2D eigenvalue weighted by molar-refractivity contribution is 9.10. The summed E-state index contributed by atoms with van der Waals surface area (Å²) in [6.45, 7) is 0. The molecule has 0 N–H and O–H groups in total. The van der Waals surface area contributed by atoms with Crippen LogP contribution in [0.25, 0.3) is 0 Å². The molecule has 2 aromatic rings. The van der Waals surface area contributed by atoms with Crippen LogP contribution >= 0.6 is 39.1 Å². The van der Waals surface area contributed by atoms with Crippen LogP contribution in [0.1, 0.15) is 11.1 Å². The molecule has 0 aliphatic rings. The van der Waals surface area contributed by atoms with Crippen LogP contribution in [0.3, 0.4) is 0 Å². The topological polar surface area (TPSA) is 17.1 Å². The minimum atomic E-state index is 0.144. The molecule has 0 atom stereocenters. The van der Waals surface area contributed by atoms with Gasteiger partial charge >= 0.3 is 0 Å². The zero-order valence-electron chi connectivity index (χ0n) is 10.00. The fourth-order valence-electron chi connectivity index (χ4n) is 1.79. The molecule has 0 unspecified atom stereocenters. The van der Waals surface area contributed by atoms with E-state index in [0.717, 1.165) is 15.6 Å². The number of carbonyl (C=O) groups is 1. The quantitative estimate of drug-likeness (QED) is 0.743. The third kappa shape index (κ3) is 4.07. The number of ketones is 1. The van der Waals surface area contributed by atoms with Gasteiger partial charge in [0, 0.05) is 17.3 Å². The van der Waals surface area contributed by atoms with Crippen molar-refractivity contribution in [3.05, 3.63) is 68.1 Å². The zero-order valence-corrected chi connectivity index (χ0v) is 13.1. The van der Waals surface area contributed by atoms with Crippen molar-refractivity contribution in [2.75, 3.05) is 0 Å². The molecule has 2 rings (SSSR count). The van der Waals surface area contributed by atoms with Crippen LogP contribution < -0.4 is 0 Å². The van der Waals surface area contributed by atoms with Gasteiger partial charge in [0.1, 0.15) is 5.78 Å². The lowest BCUT2D eigenvalue weighted by Gasteiger charge is -2.05. The number of hydrogen-bond donors (Lipinski definition) is 0. The molecule has 0 aliphatic carbocycles. The Morgan fingerprint density at radius 3 is 2.42 bits per heavy atom. The van der Waals surface area contributed by atoms with Crippen molar-refractivity contribution in [2.45, 2.75) is 12.8 Å². The van der Waals surface area contributed by atoms with Crippen molar-refractivity contribution in [3.63, 3.8) is 0 Å². The summed E-state index contributed by atoms with van der Waals surface area (Å²) in [4.78, 5) is 12.0. The van der Waals surface area contributed by atoms with Gasteiger partial charge in [-0.3, -0.25) is 4.79 Å². The van der Waals surface area contributed by atoms with Gasteiger partial charge in [-0.2, -0.15) is 0 Å². The van der Waals surface area contributed by atoms with E-state index in [-0.39, 0.29) is 5.78 Å². The summed E-state index contributed by atoms with van der Waals surface area (Å²) in [6.07, 6.45) is 0.764. The first kappa shape index (κ1) is 14.6. The Bertz CT molecular complexity index is 611. The van der Waals surface area contributed by atoms with E-state index in [1.54, 1.807) is 12.1 Å². The number of Topliss-reactive ketones (excluding diaryl/α,β-unsaturated/α-hetero) is 1. The minimum absolute atomic E-state index is 0.144. The van der Waals surface area contributed by atoms with E-state index in [9.17, 15) is 4.79 Å². The van der Waals surface area contributed by atoms with Gasteiger partial charge in [0.2, 0.25) is 0 Å². The van der Waals surface area contributed by atoms with Crippen LogP contribution in [0.2, 0.25) is 10.0 Å². The Kier molecular flexibility index (Phi) is 5.03. The van der Waals surface area contributed by atoms with Crippen LogP contribution in [-0.4, -0.2) is 5.78 Å². The Hall–Kier alpha value is -0.830. The first-order valence-corrected chi connectivity index (χ1v) is 7.30. The monoisotopic (exact) mass is 356 g/mol. The predicted octanol–water partition coefficient (Wildman–Crippen LogP) is 5.11. The summed E-state index contributed by atoms with van der Waals surface area (Å²) >= 11 is 15.2. The lowest BCUT2D eigenvalue weighted by Crippen LogP contribution is -2.07. The highest BCUT2D eigenvalue weighted by Crippen LogP contribution is 2.23. The molecule has 2 aromatic carbocycles. The summed E-state index contributed by atoms with van der Waals surface area (Å²) in [5, 5.41) is 0.983. The molecule has 4 heteroatoms. The average molecular weight is 358 g/mol. The maximum Gasteiger partial charge on any atom is 0.141 e. The van der Waals surface area contributed by atoms with Gasteiger partial charge in [0.25, 0.3) is 0 Å². The molecule has 0 amide bonds. The largest absolute Gasteiger partial charge is 0.299 e. The summed E-state index contributed by atoms with van der Waals surface area (Å²) in [5.41, 5.74) is 1.87. The van der Waals surface area contributed by atoms with E-state index in [2.05, 4.69) is 15.9 Å². The Labute approximate surface area is 130 Å². The van der Waals surface area contributed by atoms with Crippen molar-refractivity contribution in [2.24, 2.45) is 0 Å². The van der Waals surface area contributed by atoms with Gasteiger partial charge in [-0.25, -0.2) is 0 Å². The second kappa shape index (κ2) is 6.56. The molecule has 19 heavy (non-hydrogen) atoms. The molecule has 98 valence electrons. The molecule has 1 nitrogen and oxygen atoms in total. The van der Waals surface area contributed by atoms with E-state index in [4.69, 9.17) is 23.2 Å². The van der Waals surface area contributed by atoms with E-state index >= 15 is 0 Å². The van der Waals surface area contributed by atoms with Crippen molar-refractivity contribution >= 4 is 44.9 Å². The first-order valence-electron chi connectivity index (χ1n) is 5.75. The Morgan fingerprint density at radius 2 is 1.74 bits per heavy atom. The van der Waals surface area contributed by atoms with Gasteiger partial charge in [-0.15, -0.1) is 0 Å². The van der Waals surface area contributed by atoms with Gasteiger partial charge < -0.3 is 0 Å². The number of carbonyl (C=O) groups excluding carboxylic acids is 1. The maximum absolute atomic E-state index is 12.0. The number of rotatable bonds is 4. The van der Waals surface area contributed by atoms with E-state index in [1.807, 2.05) is 30.3 Å². The van der Waals surface area contributed by atoms with Crippen LogP contribution in [0.5, 0.6) is 0 Å². The third-order valence-corrected chi connectivity index (χ3v) is 4.24. The van der Waals surface area contributed by atoms with Gasteiger partial charge in [0.15, 0.2) is 0 Å².